The van der Waals surface area contributed by atoms with Crippen molar-refractivity contribution in [3.05, 3.63) is 35.3 Å². The third-order valence-corrected chi connectivity index (χ3v) is 3.59. The van der Waals surface area contributed by atoms with Gasteiger partial charge in [0.25, 0.3) is 0 Å². The van der Waals surface area contributed by atoms with E-state index in [1.807, 2.05) is 0 Å². The number of benzene rings is 1. The van der Waals surface area contributed by atoms with E-state index in [0.717, 1.165) is 5.56 Å². The molecule has 0 spiro atoms. The standard InChI is InChI=1S/C14H15N3O3S/c1-14(2,15)13(20)16-9-5-3-8(4-6-9)11-17-10(7-21-11)12(18)19/h3-7H,15H2,1-2H3,(H,16,20)(H,18,19). The first-order valence-electron chi connectivity index (χ1n) is 6.17. The Kier molecular flexibility index (Phi) is 4.06. The van der Waals surface area contributed by atoms with Crippen molar-refractivity contribution in [2.75, 3.05) is 5.32 Å². The Hall–Kier alpha value is -2.25. The van der Waals surface area contributed by atoms with Crippen LogP contribution in [0.25, 0.3) is 10.6 Å². The molecule has 0 bridgehead atoms. The highest BCUT2D eigenvalue weighted by Crippen LogP contribution is 2.25. The van der Waals surface area contributed by atoms with Crippen LogP contribution in [-0.4, -0.2) is 27.5 Å². The number of nitrogens with zero attached hydrogens (tertiary/aromatic N) is 1. The Morgan fingerprint density at radius 3 is 2.38 bits per heavy atom. The van der Waals surface area contributed by atoms with Crippen LogP contribution in [0.1, 0.15) is 24.3 Å². The second-order valence-corrected chi connectivity index (χ2v) is 5.95. The maximum Gasteiger partial charge on any atom is 0.355 e. The number of hydrogen-bond donors (Lipinski definition) is 3. The molecule has 0 saturated heterocycles. The first-order valence-corrected chi connectivity index (χ1v) is 7.05. The molecule has 1 heterocycles. The number of aromatic carboxylic acids is 1. The van der Waals surface area contributed by atoms with Crippen LogP contribution in [0.2, 0.25) is 0 Å². The maximum atomic E-state index is 11.8. The molecule has 0 fully saturated rings. The van der Waals surface area contributed by atoms with Crippen LogP contribution in [0.5, 0.6) is 0 Å². The molecule has 0 unspecified atom stereocenters. The van der Waals surface area contributed by atoms with Crippen molar-refractivity contribution in [2.45, 2.75) is 19.4 Å². The van der Waals surface area contributed by atoms with E-state index in [4.69, 9.17) is 10.8 Å². The minimum atomic E-state index is -1.05. The lowest BCUT2D eigenvalue weighted by molar-refractivity contribution is -0.120. The zero-order valence-corrected chi connectivity index (χ0v) is 12.4. The van der Waals surface area contributed by atoms with Gasteiger partial charge in [-0.15, -0.1) is 11.3 Å². The first kappa shape index (κ1) is 15.1. The molecule has 0 aliphatic carbocycles. The van der Waals surface area contributed by atoms with Crippen molar-refractivity contribution >= 4 is 28.9 Å². The Morgan fingerprint density at radius 2 is 1.90 bits per heavy atom. The second kappa shape index (κ2) is 5.63. The lowest BCUT2D eigenvalue weighted by Crippen LogP contribution is -2.45. The highest BCUT2D eigenvalue weighted by molar-refractivity contribution is 7.13. The van der Waals surface area contributed by atoms with Crippen LogP contribution in [0.15, 0.2) is 29.6 Å². The van der Waals surface area contributed by atoms with E-state index in [9.17, 15) is 9.59 Å². The number of rotatable bonds is 4. The van der Waals surface area contributed by atoms with E-state index in [1.165, 1.54) is 16.7 Å². The van der Waals surface area contributed by atoms with Gasteiger partial charge in [0, 0.05) is 16.6 Å². The zero-order chi connectivity index (χ0) is 15.6. The van der Waals surface area contributed by atoms with Gasteiger partial charge >= 0.3 is 5.97 Å². The fourth-order valence-electron chi connectivity index (χ4n) is 1.49. The molecule has 110 valence electrons. The van der Waals surface area contributed by atoms with Crippen molar-refractivity contribution in [1.29, 1.82) is 0 Å². The number of nitrogens with one attached hydrogen (secondary N) is 1. The summed E-state index contributed by atoms with van der Waals surface area (Å²) in [7, 11) is 0. The summed E-state index contributed by atoms with van der Waals surface area (Å²) in [6.07, 6.45) is 0. The fraction of sp³-hybridized carbons (Fsp3) is 0.214. The van der Waals surface area contributed by atoms with Gasteiger partial charge in [0.15, 0.2) is 5.69 Å². The van der Waals surface area contributed by atoms with Crippen LogP contribution in [-0.2, 0) is 4.79 Å². The van der Waals surface area contributed by atoms with Crippen molar-refractivity contribution in [1.82, 2.24) is 4.98 Å². The number of carbonyl (C=O) groups excluding carboxylic acids is 1. The average molecular weight is 305 g/mol. The van der Waals surface area contributed by atoms with E-state index in [2.05, 4.69) is 10.3 Å². The molecule has 6 nitrogen and oxygen atoms in total. The van der Waals surface area contributed by atoms with Crippen LogP contribution >= 0.6 is 11.3 Å². The molecule has 0 radical (unpaired) electrons. The molecule has 1 amide bonds. The van der Waals surface area contributed by atoms with Crippen LogP contribution in [0, 0.1) is 0 Å². The highest BCUT2D eigenvalue weighted by Gasteiger charge is 2.21. The molecule has 1 aromatic heterocycles. The number of amides is 1. The zero-order valence-electron chi connectivity index (χ0n) is 11.6. The SMILES string of the molecule is CC(C)(N)C(=O)Nc1ccc(-c2nc(C(=O)O)cs2)cc1. The Bertz CT molecular complexity index is 672. The summed E-state index contributed by atoms with van der Waals surface area (Å²) < 4.78 is 0. The number of nitrogens with two attached hydrogens (primary N) is 1. The topological polar surface area (TPSA) is 105 Å². The quantitative estimate of drug-likeness (QED) is 0.803. The number of carboxylic acids is 1. The van der Waals surface area contributed by atoms with E-state index in [0.29, 0.717) is 10.7 Å². The molecule has 2 aromatic rings. The van der Waals surface area contributed by atoms with Gasteiger partial charge in [-0.3, -0.25) is 4.79 Å². The van der Waals surface area contributed by atoms with Gasteiger partial charge in [-0.05, 0) is 38.1 Å². The average Bonchev–Trinajstić information content (AvgIpc) is 2.88. The van der Waals surface area contributed by atoms with E-state index in [1.54, 1.807) is 38.1 Å². The fourth-order valence-corrected chi connectivity index (χ4v) is 2.29. The second-order valence-electron chi connectivity index (χ2n) is 5.10. The third-order valence-electron chi connectivity index (χ3n) is 2.70. The molecule has 2 rings (SSSR count). The smallest absolute Gasteiger partial charge is 0.355 e. The molecule has 7 heteroatoms. The van der Waals surface area contributed by atoms with Gasteiger partial charge < -0.3 is 16.2 Å². The molecule has 1 aromatic carbocycles. The summed E-state index contributed by atoms with van der Waals surface area (Å²) in [5, 5.41) is 13.7. The van der Waals surface area contributed by atoms with Crippen molar-refractivity contribution in [3.8, 4) is 10.6 Å². The number of anilines is 1. The highest BCUT2D eigenvalue weighted by atomic mass is 32.1. The van der Waals surface area contributed by atoms with Gasteiger partial charge in [0.1, 0.15) is 5.01 Å². The summed E-state index contributed by atoms with van der Waals surface area (Å²) in [6.45, 7) is 3.25. The Morgan fingerprint density at radius 1 is 1.29 bits per heavy atom. The van der Waals surface area contributed by atoms with E-state index in [-0.39, 0.29) is 11.6 Å². The minimum absolute atomic E-state index is 0.0252. The predicted molar refractivity (Wildman–Crippen MR) is 81.4 cm³/mol. The molecular formula is C14H15N3O3S. The summed E-state index contributed by atoms with van der Waals surface area (Å²) in [4.78, 5) is 26.6. The third kappa shape index (κ3) is 3.65. The molecule has 4 N–H and O–H groups in total. The van der Waals surface area contributed by atoms with E-state index < -0.39 is 11.5 Å². The summed E-state index contributed by atoms with van der Waals surface area (Å²) in [5.74, 6) is -1.33. The molecule has 0 aliphatic rings. The predicted octanol–water partition coefficient (Wildman–Crippen LogP) is 2.18. The normalized spacial score (nSPS) is 11.2. The largest absolute Gasteiger partial charge is 0.476 e. The van der Waals surface area contributed by atoms with Gasteiger partial charge in [-0.1, -0.05) is 0 Å². The molecule has 0 aliphatic heterocycles. The number of hydrogen-bond acceptors (Lipinski definition) is 5. The number of aromatic nitrogens is 1. The first-order chi connectivity index (χ1) is 9.77. The monoisotopic (exact) mass is 305 g/mol. The minimum Gasteiger partial charge on any atom is -0.476 e. The van der Waals surface area contributed by atoms with E-state index >= 15 is 0 Å². The maximum absolute atomic E-state index is 11.8. The number of thiazole rings is 1. The molecular weight excluding hydrogens is 290 g/mol. The van der Waals surface area contributed by atoms with Crippen molar-refractivity contribution in [2.24, 2.45) is 5.73 Å². The van der Waals surface area contributed by atoms with Crippen molar-refractivity contribution < 1.29 is 14.7 Å². The Labute approximate surface area is 125 Å². The molecule has 0 saturated carbocycles. The van der Waals surface area contributed by atoms with Gasteiger partial charge in [-0.25, -0.2) is 9.78 Å². The van der Waals surface area contributed by atoms with Gasteiger partial charge in [0.05, 0.1) is 5.54 Å². The van der Waals surface area contributed by atoms with Crippen LogP contribution in [0.4, 0.5) is 5.69 Å². The van der Waals surface area contributed by atoms with Gasteiger partial charge in [0.2, 0.25) is 5.91 Å². The van der Waals surface area contributed by atoms with Crippen LogP contribution in [0.3, 0.4) is 0 Å². The number of carboxylic acid groups (broad SMARTS) is 1. The lowest BCUT2D eigenvalue weighted by Gasteiger charge is -2.17. The Balaban J connectivity index is 2.15. The number of carbonyl (C=O) groups is 2. The lowest BCUT2D eigenvalue weighted by atomic mass is 10.1. The summed E-state index contributed by atoms with van der Waals surface area (Å²) in [6, 6.07) is 6.98. The molecule has 21 heavy (non-hydrogen) atoms. The molecule has 0 atom stereocenters. The van der Waals surface area contributed by atoms with Gasteiger partial charge in [-0.2, -0.15) is 0 Å². The van der Waals surface area contributed by atoms with Crippen LogP contribution < -0.4 is 11.1 Å². The van der Waals surface area contributed by atoms with Crippen molar-refractivity contribution in [3.63, 3.8) is 0 Å². The summed E-state index contributed by atoms with van der Waals surface area (Å²) in [5.41, 5.74) is 6.19. The summed E-state index contributed by atoms with van der Waals surface area (Å²) >= 11 is 1.26.